The van der Waals surface area contributed by atoms with Gasteiger partial charge in [0.15, 0.2) is 11.4 Å². The van der Waals surface area contributed by atoms with Crippen LogP contribution in [0.1, 0.15) is 61.7 Å². The average Bonchev–Trinajstić information content (AvgIpc) is 2.80. The lowest BCUT2D eigenvalue weighted by Gasteiger charge is -2.30. The molecule has 3 aromatic carbocycles. The van der Waals surface area contributed by atoms with E-state index in [1.807, 2.05) is 77.1 Å². The van der Waals surface area contributed by atoms with E-state index in [-0.39, 0.29) is 5.78 Å². The molecule has 0 spiro atoms. The van der Waals surface area contributed by atoms with Gasteiger partial charge in [0.2, 0.25) is 0 Å². The number of esters is 1. The summed E-state index contributed by atoms with van der Waals surface area (Å²) in [6.45, 7) is 12.7. The lowest BCUT2D eigenvalue weighted by molar-refractivity contribution is -0.171. The summed E-state index contributed by atoms with van der Waals surface area (Å²) < 4.78 is 17.4. The van der Waals surface area contributed by atoms with Gasteiger partial charge in [-0.05, 0) is 120 Å². The minimum Gasteiger partial charge on any atom is -0.476 e. The summed E-state index contributed by atoms with van der Waals surface area (Å²) in [5, 5.41) is 0. The minimum absolute atomic E-state index is 0.108. The Morgan fingerprint density at radius 3 is 1.89 bits per heavy atom. The average molecular weight is 487 g/mol. The maximum absolute atomic E-state index is 12.7. The third-order valence-corrected chi connectivity index (χ3v) is 5.28. The number of carbonyl (C=O) groups excluding carboxylic acids is 2. The maximum atomic E-state index is 12.7. The van der Waals surface area contributed by atoms with Gasteiger partial charge in [-0.25, -0.2) is 4.79 Å². The number of carbonyl (C=O) groups is 2. The Hall–Kier alpha value is -3.86. The van der Waals surface area contributed by atoms with Gasteiger partial charge in [-0.15, -0.1) is 0 Å². The number of benzene rings is 3. The topological polar surface area (TPSA) is 61.8 Å². The Morgan fingerprint density at radius 1 is 0.778 bits per heavy atom. The number of hydrogen-bond acceptors (Lipinski definition) is 5. The fourth-order valence-electron chi connectivity index (χ4n) is 3.52. The molecule has 0 heterocycles. The van der Waals surface area contributed by atoms with E-state index in [0.717, 1.165) is 22.4 Å². The highest BCUT2D eigenvalue weighted by molar-refractivity contribution is 6.06. The molecule has 0 aliphatic rings. The van der Waals surface area contributed by atoms with Crippen LogP contribution in [0.5, 0.6) is 17.2 Å². The number of allylic oxidation sites excluding steroid dienone is 1. The van der Waals surface area contributed by atoms with Crippen LogP contribution in [0.15, 0.2) is 72.8 Å². The Labute approximate surface area is 213 Å². The van der Waals surface area contributed by atoms with Crippen LogP contribution in [0.25, 0.3) is 6.08 Å². The van der Waals surface area contributed by atoms with Crippen molar-refractivity contribution in [2.24, 2.45) is 0 Å². The Balaban J connectivity index is 1.69. The van der Waals surface area contributed by atoms with Gasteiger partial charge in [0, 0.05) is 5.56 Å². The molecule has 0 saturated carbocycles. The molecule has 3 rings (SSSR count). The number of ketones is 1. The summed E-state index contributed by atoms with van der Waals surface area (Å²) in [7, 11) is 0. The fourth-order valence-corrected chi connectivity index (χ4v) is 3.52. The molecule has 5 heteroatoms. The predicted octanol–water partition coefficient (Wildman–Crippen LogP) is 7.49. The van der Waals surface area contributed by atoms with Crippen molar-refractivity contribution in [2.45, 2.75) is 59.7 Å². The zero-order chi connectivity index (χ0) is 26.5. The first-order valence-corrected chi connectivity index (χ1v) is 11.9. The van der Waals surface area contributed by atoms with Crippen molar-refractivity contribution < 1.29 is 23.8 Å². The monoisotopic (exact) mass is 486 g/mol. The molecule has 0 bridgehead atoms. The molecular weight excluding hydrogens is 452 g/mol. The van der Waals surface area contributed by atoms with Gasteiger partial charge >= 0.3 is 5.97 Å². The highest BCUT2D eigenvalue weighted by Gasteiger charge is 2.35. The van der Waals surface area contributed by atoms with Gasteiger partial charge in [-0.2, -0.15) is 0 Å². The summed E-state index contributed by atoms with van der Waals surface area (Å²) in [5.41, 5.74) is 1.41. The fraction of sp³-hybridized carbons (Fsp3) is 0.290. The van der Waals surface area contributed by atoms with E-state index in [9.17, 15) is 9.59 Å². The summed E-state index contributed by atoms with van der Waals surface area (Å²) in [6, 6.07) is 20.4. The first kappa shape index (κ1) is 26.7. The third kappa shape index (κ3) is 7.32. The van der Waals surface area contributed by atoms with Crippen LogP contribution in [0.2, 0.25) is 0 Å². The van der Waals surface area contributed by atoms with Crippen molar-refractivity contribution in [3.8, 4) is 17.2 Å². The molecule has 0 unspecified atom stereocenters. The minimum atomic E-state index is -1.15. The first-order valence-electron chi connectivity index (χ1n) is 11.9. The van der Waals surface area contributed by atoms with Gasteiger partial charge in [0.05, 0.1) is 0 Å². The number of rotatable bonds is 8. The van der Waals surface area contributed by atoms with Gasteiger partial charge in [-0.1, -0.05) is 24.3 Å². The molecule has 188 valence electrons. The number of para-hydroxylation sites is 1. The molecule has 0 aliphatic heterocycles. The van der Waals surface area contributed by atoms with Gasteiger partial charge < -0.3 is 14.2 Å². The first-order chi connectivity index (χ1) is 16.8. The van der Waals surface area contributed by atoms with Crippen LogP contribution in [-0.2, 0) is 9.53 Å². The zero-order valence-corrected chi connectivity index (χ0v) is 22.0. The predicted molar refractivity (Wildman–Crippen MR) is 143 cm³/mol. The Morgan fingerprint density at radius 2 is 1.33 bits per heavy atom. The molecule has 36 heavy (non-hydrogen) atoms. The van der Waals surface area contributed by atoms with Crippen LogP contribution in [0.4, 0.5) is 0 Å². The molecular formula is C31H34O5. The summed E-state index contributed by atoms with van der Waals surface area (Å²) in [5.74, 6) is 1.50. The van der Waals surface area contributed by atoms with Crippen molar-refractivity contribution in [3.05, 3.63) is 95.1 Å². The molecule has 0 aliphatic carbocycles. The number of ether oxygens (including phenoxy) is 3. The zero-order valence-electron chi connectivity index (χ0n) is 22.0. The summed E-state index contributed by atoms with van der Waals surface area (Å²) >= 11 is 0. The second-order valence-electron chi connectivity index (χ2n) is 10.2. The van der Waals surface area contributed by atoms with Crippen LogP contribution in [0.3, 0.4) is 0 Å². The van der Waals surface area contributed by atoms with E-state index < -0.39 is 17.2 Å². The molecule has 0 N–H and O–H groups in total. The highest BCUT2D eigenvalue weighted by atomic mass is 16.6. The molecule has 3 aromatic rings. The molecule has 0 aromatic heterocycles. The van der Waals surface area contributed by atoms with Crippen molar-refractivity contribution in [3.63, 3.8) is 0 Å². The van der Waals surface area contributed by atoms with Crippen molar-refractivity contribution >= 4 is 17.8 Å². The molecule has 0 saturated heterocycles. The van der Waals surface area contributed by atoms with Crippen LogP contribution in [0, 0.1) is 13.8 Å². The van der Waals surface area contributed by atoms with E-state index in [4.69, 9.17) is 14.2 Å². The normalized spacial score (nSPS) is 11.9. The van der Waals surface area contributed by atoms with E-state index in [0.29, 0.717) is 17.1 Å². The van der Waals surface area contributed by atoms with Crippen LogP contribution < -0.4 is 9.47 Å². The smallest absolute Gasteiger partial charge is 0.350 e. The molecule has 0 fully saturated rings. The summed E-state index contributed by atoms with van der Waals surface area (Å²) in [4.78, 5) is 25.3. The molecule has 0 atom stereocenters. The molecule has 5 nitrogen and oxygen atoms in total. The van der Waals surface area contributed by atoms with Crippen LogP contribution in [-0.4, -0.2) is 23.0 Å². The van der Waals surface area contributed by atoms with Gasteiger partial charge in [0.25, 0.3) is 0 Å². The standard InChI is InChI=1S/C31H34O5/c1-21-19-23(20-22(2)28(21)35-31(6,7)29(33)36-30(3,4)5)13-18-27(32)24-14-16-26(17-15-24)34-25-11-9-8-10-12-25/h8-20H,1-7H3/b18-13+. The van der Waals surface area contributed by atoms with E-state index in [2.05, 4.69) is 0 Å². The number of aryl methyl sites for hydroxylation is 2. The molecule has 0 radical (unpaired) electrons. The second kappa shape index (κ2) is 10.8. The Kier molecular flexibility index (Phi) is 8.03. The van der Waals surface area contributed by atoms with Gasteiger partial charge in [-0.3, -0.25) is 4.79 Å². The van der Waals surface area contributed by atoms with E-state index >= 15 is 0 Å². The maximum Gasteiger partial charge on any atom is 0.350 e. The quantitative estimate of drug-likeness (QED) is 0.187. The van der Waals surface area contributed by atoms with E-state index in [1.165, 1.54) is 0 Å². The largest absolute Gasteiger partial charge is 0.476 e. The van der Waals surface area contributed by atoms with Crippen molar-refractivity contribution in [1.29, 1.82) is 0 Å². The lowest BCUT2D eigenvalue weighted by Crippen LogP contribution is -2.43. The third-order valence-electron chi connectivity index (χ3n) is 5.28. The number of hydrogen-bond donors (Lipinski definition) is 0. The highest BCUT2D eigenvalue weighted by Crippen LogP contribution is 2.30. The summed E-state index contributed by atoms with van der Waals surface area (Å²) in [6.07, 6.45) is 3.33. The molecule has 0 amide bonds. The van der Waals surface area contributed by atoms with Crippen molar-refractivity contribution in [2.75, 3.05) is 0 Å². The van der Waals surface area contributed by atoms with E-state index in [1.54, 1.807) is 50.3 Å². The Bertz CT molecular complexity index is 1220. The lowest BCUT2D eigenvalue weighted by atomic mass is 10.0. The SMILES string of the molecule is Cc1cc(/C=C/C(=O)c2ccc(Oc3ccccc3)cc2)cc(C)c1OC(C)(C)C(=O)OC(C)(C)C. The second-order valence-corrected chi connectivity index (χ2v) is 10.2. The van der Waals surface area contributed by atoms with Gasteiger partial charge in [0.1, 0.15) is 22.8 Å². The van der Waals surface area contributed by atoms with Crippen LogP contribution >= 0.6 is 0 Å². The van der Waals surface area contributed by atoms with Crippen molar-refractivity contribution in [1.82, 2.24) is 0 Å².